The molecule has 100 valence electrons. The van der Waals surface area contributed by atoms with Crippen molar-refractivity contribution in [2.75, 3.05) is 16.8 Å². The first-order valence-corrected chi connectivity index (χ1v) is 6.75. The van der Waals surface area contributed by atoms with Gasteiger partial charge >= 0.3 is 0 Å². The Balaban J connectivity index is 1.79. The van der Waals surface area contributed by atoms with E-state index in [2.05, 4.69) is 5.32 Å². The van der Waals surface area contributed by atoms with Crippen molar-refractivity contribution < 1.29 is 13.6 Å². The van der Waals surface area contributed by atoms with Crippen molar-refractivity contribution in [3.05, 3.63) is 48.2 Å². The van der Waals surface area contributed by atoms with E-state index < -0.39 is 5.82 Å². The van der Waals surface area contributed by atoms with Crippen molar-refractivity contribution in [2.24, 2.45) is 0 Å². The van der Waals surface area contributed by atoms with Crippen LogP contribution in [0.25, 0.3) is 0 Å². The molecule has 4 nitrogen and oxygen atoms in total. The van der Waals surface area contributed by atoms with Crippen LogP contribution in [-0.4, -0.2) is 11.7 Å². The number of halogens is 1. The van der Waals surface area contributed by atoms with Gasteiger partial charge in [0.15, 0.2) is 0 Å². The average Bonchev–Trinajstić information content (AvgIpc) is 2.87. The summed E-state index contributed by atoms with van der Waals surface area (Å²) >= 11 is 1.43. The summed E-state index contributed by atoms with van der Waals surface area (Å²) in [6, 6.07) is 7.75. The molecule has 0 unspecified atom stereocenters. The van der Waals surface area contributed by atoms with Crippen molar-refractivity contribution in [3.8, 4) is 0 Å². The number of benzene rings is 1. The maximum atomic E-state index is 12.9. The van der Waals surface area contributed by atoms with Gasteiger partial charge in [0.2, 0.25) is 5.91 Å². The largest absolute Gasteiger partial charge is 0.468 e. The van der Waals surface area contributed by atoms with Crippen LogP contribution in [0, 0.1) is 5.82 Å². The number of furan rings is 1. The molecule has 0 spiro atoms. The van der Waals surface area contributed by atoms with Crippen molar-refractivity contribution in [3.63, 3.8) is 0 Å². The van der Waals surface area contributed by atoms with Crippen LogP contribution in [0.2, 0.25) is 0 Å². The van der Waals surface area contributed by atoms with E-state index in [1.54, 1.807) is 12.3 Å². The Hall–Kier alpha value is -1.95. The summed E-state index contributed by atoms with van der Waals surface area (Å²) in [4.78, 5) is 11.6. The zero-order valence-electron chi connectivity index (χ0n) is 10.1. The van der Waals surface area contributed by atoms with E-state index in [0.29, 0.717) is 11.4 Å². The van der Waals surface area contributed by atoms with Crippen LogP contribution in [0.1, 0.15) is 5.76 Å². The van der Waals surface area contributed by atoms with Crippen LogP contribution in [0.4, 0.5) is 15.8 Å². The predicted octanol–water partition coefficient (Wildman–Crippen LogP) is 2.87. The topological polar surface area (TPSA) is 68.3 Å². The number of amides is 1. The van der Waals surface area contributed by atoms with E-state index in [0.717, 1.165) is 5.76 Å². The highest BCUT2D eigenvalue weighted by molar-refractivity contribution is 7.99. The Bertz CT molecular complexity index is 558. The molecule has 0 saturated heterocycles. The summed E-state index contributed by atoms with van der Waals surface area (Å²) in [5.41, 5.74) is 5.92. The van der Waals surface area contributed by atoms with Crippen LogP contribution >= 0.6 is 11.8 Å². The number of carbonyl (C=O) groups is 1. The molecule has 0 radical (unpaired) electrons. The number of hydrogen-bond donors (Lipinski definition) is 2. The monoisotopic (exact) mass is 280 g/mol. The van der Waals surface area contributed by atoms with Crippen molar-refractivity contribution in [1.82, 2.24) is 0 Å². The lowest BCUT2D eigenvalue weighted by Gasteiger charge is -2.06. The Morgan fingerprint density at radius 2 is 2.26 bits per heavy atom. The number of carbonyl (C=O) groups excluding carboxylic acids is 1. The molecule has 0 fully saturated rings. The molecule has 2 rings (SSSR count). The fourth-order valence-corrected chi connectivity index (χ4v) is 2.18. The molecule has 0 aliphatic carbocycles. The molecule has 0 aliphatic heterocycles. The minimum atomic E-state index is -0.495. The third kappa shape index (κ3) is 4.03. The van der Waals surface area contributed by atoms with Crippen LogP contribution in [0.15, 0.2) is 41.0 Å². The van der Waals surface area contributed by atoms with Gasteiger partial charge in [-0.25, -0.2) is 4.39 Å². The van der Waals surface area contributed by atoms with Gasteiger partial charge in [-0.2, -0.15) is 0 Å². The minimum absolute atomic E-state index is 0.0149. The Morgan fingerprint density at radius 3 is 2.95 bits per heavy atom. The second-order valence-corrected chi connectivity index (χ2v) is 4.84. The number of rotatable bonds is 5. The Kier molecular flexibility index (Phi) is 4.46. The normalized spacial score (nSPS) is 10.4. The molecule has 1 heterocycles. The SMILES string of the molecule is Nc1cc(NC(=O)CSCc2ccco2)ccc1F. The van der Waals surface area contributed by atoms with Gasteiger partial charge in [0.25, 0.3) is 0 Å². The Labute approximate surface area is 114 Å². The fourth-order valence-electron chi connectivity index (χ4n) is 1.46. The smallest absolute Gasteiger partial charge is 0.234 e. The van der Waals surface area contributed by atoms with E-state index in [1.165, 1.54) is 30.0 Å². The molecule has 0 bridgehead atoms. The molecule has 2 aromatic rings. The highest BCUT2D eigenvalue weighted by Crippen LogP contribution is 2.17. The van der Waals surface area contributed by atoms with E-state index in [4.69, 9.17) is 10.2 Å². The fraction of sp³-hybridized carbons (Fsp3) is 0.154. The van der Waals surface area contributed by atoms with Gasteiger partial charge in [0.1, 0.15) is 11.6 Å². The molecule has 3 N–H and O–H groups in total. The van der Waals surface area contributed by atoms with Gasteiger partial charge in [-0.05, 0) is 30.3 Å². The number of nitrogens with two attached hydrogens (primary N) is 1. The van der Waals surface area contributed by atoms with Gasteiger partial charge < -0.3 is 15.5 Å². The summed E-state index contributed by atoms with van der Waals surface area (Å²) in [6.07, 6.45) is 1.59. The third-order valence-corrected chi connectivity index (χ3v) is 3.29. The average molecular weight is 280 g/mol. The van der Waals surface area contributed by atoms with E-state index in [-0.39, 0.29) is 17.3 Å². The molecular formula is C13H13FN2O2S. The van der Waals surface area contributed by atoms with Crippen LogP contribution in [0.3, 0.4) is 0 Å². The first kappa shape index (κ1) is 13.5. The second kappa shape index (κ2) is 6.29. The zero-order chi connectivity index (χ0) is 13.7. The minimum Gasteiger partial charge on any atom is -0.468 e. The summed E-state index contributed by atoms with van der Waals surface area (Å²) in [5.74, 6) is 1.08. The number of hydrogen-bond acceptors (Lipinski definition) is 4. The quantitative estimate of drug-likeness (QED) is 0.826. The number of thioether (sulfide) groups is 1. The molecule has 19 heavy (non-hydrogen) atoms. The molecule has 0 atom stereocenters. The third-order valence-electron chi connectivity index (χ3n) is 2.34. The molecule has 0 saturated carbocycles. The summed E-state index contributed by atoms with van der Waals surface area (Å²) in [6.45, 7) is 0. The summed E-state index contributed by atoms with van der Waals surface area (Å²) in [5, 5.41) is 2.65. The number of nitrogens with one attached hydrogen (secondary N) is 1. The van der Waals surface area contributed by atoms with Crippen LogP contribution < -0.4 is 11.1 Å². The molecule has 1 aromatic heterocycles. The predicted molar refractivity (Wildman–Crippen MR) is 74.3 cm³/mol. The molecule has 1 aromatic carbocycles. The molecule has 1 amide bonds. The lowest BCUT2D eigenvalue weighted by atomic mass is 10.2. The highest BCUT2D eigenvalue weighted by atomic mass is 32.2. The van der Waals surface area contributed by atoms with E-state index in [9.17, 15) is 9.18 Å². The molecule has 0 aliphatic rings. The molecular weight excluding hydrogens is 267 g/mol. The zero-order valence-corrected chi connectivity index (χ0v) is 10.9. The van der Waals surface area contributed by atoms with Gasteiger partial charge in [-0.1, -0.05) is 0 Å². The molecule has 6 heteroatoms. The lowest BCUT2D eigenvalue weighted by Crippen LogP contribution is -2.14. The van der Waals surface area contributed by atoms with Gasteiger partial charge in [-0.15, -0.1) is 11.8 Å². The van der Waals surface area contributed by atoms with Gasteiger partial charge in [-0.3, -0.25) is 4.79 Å². The van der Waals surface area contributed by atoms with Gasteiger partial charge in [0, 0.05) is 5.69 Å². The van der Waals surface area contributed by atoms with Crippen LogP contribution in [-0.2, 0) is 10.5 Å². The first-order chi connectivity index (χ1) is 9.15. The number of anilines is 2. The van der Waals surface area contributed by atoms with Gasteiger partial charge in [0.05, 0.1) is 23.5 Å². The van der Waals surface area contributed by atoms with Crippen molar-refractivity contribution >= 4 is 29.0 Å². The van der Waals surface area contributed by atoms with Crippen molar-refractivity contribution in [1.29, 1.82) is 0 Å². The summed E-state index contributed by atoms with van der Waals surface area (Å²) in [7, 11) is 0. The summed E-state index contributed by atoms with van der Waals surface area (Å²) < 4.78 is 18.1. The highest BCUT2D eigenvalue weighted by Gasteiger charge is 2.05. The van der Waals surface area contributed by atoms with E-state index in [1.807, 2.05) is 6.07 Å². The second-order valence-electron chi connectivity index (χ2n) is 3.86. The first-order valence-electron chi connectivity index (χ1n) is 5.60. The Morgan fingerprint density at radius 1 is 1.42 bits per heavy atom. The maximum Gasteiger partial charge on any atom is 0.234 e. The standard InChI is InChI=1S/C13H13FN2O2S/c14-11-4-3-9(6-12(11)15)16-13(17)8-19-7-10-2-1-5-18-10/h1-6H,7-8,15H2,(H,16,17). The van der Waals surface area contributed by atoms with Crippen molar-refractivity contribution in [2.45, 2.75) is 5.75 Å². The number of nitrogen functional groups attached to an aromatic ring is 1. The lowest BCUT2D eigenvalue weighted by molar-refractivity contribution is -0.113. The van der Waals surface area contributed by atoms with Crippen LogP contribution in [0.5, 0.6) is 0 Å². The van der Waals surface area contributed by atoms with E-state index >= 15 is 0 Å². The maximum absolute atomic E-state index is 12.9.